The molecule has 0 saturated heterocycles. The summed E-state index contributed by atoms with van der Waals surface area (Å²) < 4.78 is 28.8. The monoisotopic (exact) mass is 269 g/mol. The van der Waals surface area contributed by atoms with E-state index >= 15 is 0 Å². The molecule has 0 saturated carbocycles. The van der Waals surface area contributed by atoms with Crippen LogP contribution < -0.4 is 5.73 Å². The fourth-order valence-corrected chi connectivity index (χ4v) is 2.43. The molecule has 0 aliphatic rings. The number of benzene rings is 1. The minimum absolute atomic E-state index is 0.0369. The molecule has 0 aliphatic carbocycles. The van der Waals surface area contributed by atoms with Gasteiger partial charge in [-0.15, -0.1) is 11.8 Å². The van der Waals surface area contributed by atoms with Crippen LogP contribution in [0.5, 0.6) is 0 Å². The molecule has 0 spiro atoms. The second kappa shape index (κ2) is 5.86. The van der Waals surface area contributed by atoms with Gasteiger partial charge in [0.25, 0.3) is 0 Å². The molecule has 0 bridgehead atoms. The lowest BCUT2D eigenvalue weighted by atomic mass is 10.3. The van der Waals surface area contributed by atoms with Crippen molar-refractivity contribution >= 4 is 17.4 Å². The first-order valence-electron chi connectivity index (χ1n) is 5.50. The third-order valence-corrected chi connectivity index (χ3v) is 3.56. The Kier molecular flexibility index (Phi) is 4.19. The molecular formula is C12H13F2N3S. The lowest BCUT2D eigenvalue weighted by Crippen LogP contribution is -1.97. The zero-order valence-corrected chi connectivity index (χ0v) is 10.5. The summed E-state index contributed by atoms with van der Waals surface area (Å²) in [7, 11) is 0. The van der Waals surface area contributed by atoms with E-state index in [2.05, 4.69) is 4.98 Å². The fourth-order valence-electron chi connectivity index (χ4n) is 1.56. The Morgan fingerprint density at radius 1 is 1.28 bits per heavy atom. The molecule has 1 aromatic carbocycles. The molecule has 0 amide bonds. The summed E-state index contributed by atoms with van der Waals surface area (Å²) >= 11 is 1.16. The van der Waals surface area contributed by atoms with E-state index in [0.717, 1.165) is 36.9 Å². The van der Waals surface area contributed by atoms with Crippen molar-refractivity contribution in [2.75, 3.05) is 11.5 Å². The summed E-state index contributed by atoms with van der Waals surface area (Å²) in [5.41, 5.74) is 5.45. The van der Waals surface area contributed by atoms with Crippen LogP contribution in [0.3, 0.4) is 0 Å². The van der Waals surface area contributed by atoms with Crippen LogP contribution in [0, 0.1) is 11.6 Å². The second-order valence-corrected chi connectivity index (χ2v) is 4.92. The molecule has 18 heavy (non-hydrogen) atoms. The highest BCUT2D eigenvalue weighted by Gasteiger charge is 2.10. The molecule has 96 valence electrons. The van der Waals surface area contributed by atoms with Crippen molar-refractivity contribution in [2.45, 2.75) is 17.9 Å². The highest BCUT2D eigenvalue weighted by Crippen LogP contribution is 2.27. The molecule has 3 nitrogen and oxygen atoms in total. The molecule has 1 heterocycles. The first-order valence-corrected chi connectivity index (χ1v) is 6.48. The Bertz CT molecular complexity index is 491. The van der Waals surface area contributed by atoms with Gasteiger partial charge in [0.1, 0.15) is 11.6 Å². The van der Waals surface area contributed by atoms with E-state index in [1.807, 2.05) is 10.8 Å². The number of aromatic nitrogens is 2. The molecule has 2 N–H and O–H groups in total. The molecule has 0 radical (unpaired) electrons. The number of hydrogen-bond acceptors (Lipinski definition) is 3. The molecular weight excluding hydrogens is 256 g/mol. The van der Waals surface area contributed by atoms with Gasteiger partial charge in [0, 0.05) is 24.6 Å². The van der Waals surface area contributed by atoms with Crippen LogP contribution in [0.2, 0.25) is 0 Å². The predicted octanol–water partition coefficient (Wildman–Crippen LogP) is 2.93. The Labute approximate surface area is 108 Å². The normalized spacial score (nSPS) is 10.8. The quantitative estimate of drug-likeness (QED) is 0.515. The minimum atomic E-state index is -0.597. The van der Waals surface area contributed by atoms with Crippen LogP contribution in [0.25, 0.3) is 0 Å². The van der Waals surface area contributed by atoms with Crippen molar-refractivity contribution in [1.82, 2.24) is 9.55 Å². The van der Waals surface area contributed by atoms with Gasteiger partial charge >= 0.3 is 0 Å². The van der Waals surface area contributed by atoms with Crippen molar-refractivity contribution in [1.29, 1.82) is 0 Å². The van der Waals surface area contributed by atoms with Gasteiger partial charge < -0.3 is 10.3 Å². The van der Waals surface area contributed by atoms with E-state index in [4.69, 9.17) is 5.73 Å². The fraction of sp³-hybridized carbons (Fsp3) is 0.250. The molecule has 6 heteroatoms. The zero-order valence-electron chi connectivity index (χ0n) is 9.64. The molecule has 0 unspecified atom stereocenters. The zero-order chi connectivity index (χ0) is 13.0. The van der Waals surface area contributed by atoms with Crippen molar-refractivity contribution in [3.63, 3.8) is 0 Å². The topological polar surface area (TPSA) is 43.8 Å². The van der Waals surface area contributed by atoms with Gasteiger partial charge in [-0.2, -0.15) is 0 Å². The molecule has 0 aliphatic heterocycles. The Morgan fingerprint density at radius 2 is 2.00 bits per heavy atom. The van der Waals surface area contributed by atoms with Gasteiger partial charge in [-0.05, 0) is 24.3 Å². The summed E-state index contributed by atoms with van der Waals surface area (Å²) in [4.78, 5) is 3.96. The number of nitrogen functional groups attached to an aromatic ring is 1. The van der Waals surface area contributed by atoms with Crippen LogP contribution in [-0.4, -0.2) is 15.3 Å². The van der Waals surface area contributed by atoms with E-state index in [1.54, 1.807) is 12.5 Å². The lowest BCUT2D eigenvalue weighted by molar-refractivity contribution is 0.541. The van der Waals surface area contributed by atoms with Crippen LogP contribution in [0.15, 0.2) is 35.7 Å². The first-order chi connectivity index (χ1) is 8.66. The number of halogens is 2. The summed E-state index contributed by atoms with van der Waals surface area (Å²) in [5.74, 6) is -0.559. The van der Waals surface area contributed by atoms with E-state index in [9.17, 15) is 8.78 Å². The summed E-state index contributed by atoms with van der Waals surface area (Å²) in [6, 6.07) is 2.28. The number of aryl methyl sites for hydroxylation is 1. The van der Waals surface area contributed by atoms with E-state index in [0.29, 0.717) is 5.75 Å². The number of nitrogens with two attached hydrogens (primary N) is 1. The molecule has 0 atom stereocenters. The van der Waals surface area contributed by atoms with E-state index in [1.165, 1.54) is 0 Å². The Morgan fingerprint density at radius 3 is 2.61 bits per heavy atom. The van der Waals surface area contributed by atoms with Crippen molar-refractivity contribution in [3.05, 3.63) is 42.5 Å². The SMILES string of the molecule is Nc1cc(F)c(SCCCn2ccnc2)c(F)c1. The average Bonchev–Trinajstić information content (AvgIpc) is 2.79. The third-order valence-electron chi connectivity index (χ3n) is 2.39. The number of hydrogen-bond donors (Lipinski definition) is 1. The van der Waals surface area contributed by atoms with Crippen LogP contribution in [0.4, 0.5) is 14.5 Å². The van der Waals surface area contributed by atoms with E-state index < -0.39 is 11.6 Å². The van der Waals surface area contributed by atoms with Crippen molar-refractivity contribution in [2.24, 2.45) is 0 Å². The van der Waals surface area contributed by atoms with Gasteiger partial charge in [-0.1, -0.05) is 0 Å². The van der Waals surface area contributed by atoms with Gasteiger partial charge in [-0.3, -0.25) is 0 Å². The predicted molar refractivity (Wildman–Crippen MR) is 68.3 cm³/mol. The van der Waals surface area contributed by atoms with Gasteiger partial charge in [0.2, 0.25) is 0 Å². The molecule has 2 aromatic rings. The third kappa shape index (κ3) is 3.22. The highest BCUT2D eigenvalue weighted by atomic mass is 32.2. The Hall–Kier alpha value is -1.56. The van der Waals surface area contributed by atoms with Gasteiger partial charge in [-0.25, -0.2) is 13.8 Å². The number of anilines is 1. The molecule has 0 fully saturated rings. The standard InChI is InChI=1S/C12H13F2N3S/c13-10-6-9(15)7-11(14)12(10)18-5-1-3-17-4-2-16-8-17/h2,4,6-8H,1,3,5,15H2. The minimum Gasteiger partial charge on any atom is -0.399 e. The smallest absolute Gasteiger partial charge is 0.141 e. The van der Waals surface area contributed by atoms with Gasteiger partial charge in [0.15, 0.2) is 0 Å². The second-order valence-electron chi connectivity index (χ2n) is 3.82. The van der Waals surface area contributed by atoms with Crippen LogP contribution >= 0.6 is 11.8 Å². The van der Waals surface area contributed by atoms with E-state index in [-0.39, 0.29) is 10.6 Å². The number of imidazole rings is 1. The van der Waals surface area contributed by atoms with Crippen LogP contribution in [-0.2, 0) is 6.54 Å². The summed E-state index contributed by atoms with van der Waals surface area (Å²) in [6.07, 6.45) is 6.08. The number of rotatable bonds is 5. The highest BCUT2D eigenvalue weighted by molar-refractivity contribution is 7.99. The van der Waals surface area contributed by atoms with Crippen LogP contribution in [0.1, 0.15) is 6.42 Å². The number of nitrogens with zero attached hydrogens (tertiary/aromatic N) is 2. The summed E-state index contributed by atoms with van der Waals surface area (Å²) in [5, 5.41) is 0. The average molecular weight is 269 g/mol. The molecule has 1 aromatic heterocycles. The van der Waals surface area contributed by atoms with Crippen molar-refractivity contribution < 1.29 is 8.78 Å². The lowest BCUT2D eigenvalue weighted by Gasteiger charge is -2.06. The molecule has 2 rings (SSSR count). The first kappa shape index (κ1) is 12.9. The van der Waals surface area contributed by atoms with Gasteiger partial charge in [0.05, 0.1) is 11.2 Å². The Balaban J connectivity index is 1.87. The number of thioether (sulfide) groups is 1. The van der Waals surface area contributed by atoms with Crippen molar-refractivity contribution in [3.8, 4) is 0 Å². The maximum atomic E-state index is 13.5. The maximum Gasteiger partial charge on any atom is 0.141 e. The summed E-state index contributed by atoms with van der Waals surface area (Å²) in [6.45, 7) is 0.783. The maximum absolute atomic E-state index is 13.5. The largest absolute Gasteiger partial charge is 0.399 e.